The van der Waals surface area contributed by atoms with Crippen molar-refractivity contribution in [2.45, 2.75) is 38.6 Å². The van der Waals surface area contributed by atoms with Gasteiger partial charge in [-0.3, -0.25) is 0 Å². The number of halogens is 3. The van der Waals surface area contributed by atoms with Gasteiger partial charge in [0.1, 0.15) is 6.61 Å². The van der Waals surface area contributed by atoms with Crippen LogP contribution in [0.2, 0.25) is 0 Å². The standard InChI is InChI=1S/C15H20BrF2NO/c1-10-4-2-3-5-13(10)19-6-7-20-14-9-11(16)8-12(17)15(14)18/h8-10,13,19H,2-7H2,1H3. The highest BCUT2D eigenvalue weighted by Crippen LogP contribution is 2.25. The average Bonchev–Trinajstić information content (AvgIpc) is 2.41. The number of ether oxygens (including phenoxy) is 1. The minimum Gasteiger partial charge on any atom is -0.489 e. The minimum atomic E-state index is -0.931. The summed E-state index contributed by atoms with van der Waals surface area (Å²) < 4.78 is 32.5. The van der Waals surface area contributed by atoms with Crippen LogP contribution >= 0.6 is 15.9 Å². The summed E-state index contributed by atoms with van der Waals surface area (Å²) in [7, 11) is 0. The van der Waals surface area contributed by atoms with E-state index in [0.29, 0.717) is 29.6 Å². The third kappa shape index (κ3) is 4.16. The number of rotatable bonds is 5. The van der Waals surface area contributed by atoms with Crippen molar-refractivity contribution in [3.8, 4) is 5.75 Å². The van der Waals surface area contributed by atoms with Crippen molar-refractivity contribution in [1.29, 1.82) is 0 Å². The molecule has 1 aromatic rings. The van der Waals surface area contributed by atoms with E-state index in [-0.39, 0.29) is 5.75 Å². The highest BCUT2D eigenvalue weighted by atomic mass is 79.9. The molecule has 1 aliphatic rings. The van der Waals surface area contributed by atoms with Crippen molar-refractivity contribution in [2.75, 3.05) is 13.2 Å². The largest absolute Gasteiger partial charge is 0.489 e. The van der Waals surface area contributed by atoms with E-state index in [1.807, 2.05) is 0 Å². The summed E-state index contributed by atoms with van der Waals surface area (Å²) in [5.74, 6) is -1.21. The predicted molar refractivity (Wildman–Crippen MR) is 79.0 cm³/mol. The van der Waals surface area contributed by atoms with Crippen LogP contribution in [0, 0.1) is 17.6 Å². The Bertz CT molecular complexity index is 456. The van der Waals surface area contributed by atoms with Gasteiger partial charge in [0.15, 0.2) is 11.6 Å². The van der Waals surface area contributed by atoms with Crippen LogP contribution in [0.3, 0.4) is 0 Å². The molecule has 0 heterocycles. The molecule has 0 spiro atoms. The Balaban J connectivity index is 1.78. The van der Waals surface area contributed by atoms with E-state index in [4.69, 9.17) is 4.74 Å². The molecule has 0 aromatic heterocycles. The van der Waals surface area contributed by atoms with E-state index in [0.717, 1.165) is 6.07 Å². The molecule has 0 saturated heterocycles. The second kappa shape index (κ2) is 7.36. The first-order valence-corrected chi connectivity index (χ1v) is 7.88. The first-order chi connectivity index (χ1) is 9.58. The first-order valence-electron chi connectivity index (χ1n) is 7.08. The van der Waals surface area contributed by atoms with Crippen molar-refractivity contribution in [1.82, 2.24) is 5.32 Å². The second-order valence-electron chi connectivity index (χ2n) is 5.37. The quantitative estimate of drug-likeness (QED) is 0.634. The van der Waals surface area contributed by atoms with Crippen LogP contribution in [0.5, 0.6) is 5.75 Å². The van der Waals surface area contributed by atoms with Crippen molar-refractivity contribution >= 4 is 15.9 Å². The SMILES string of the molecule is CC1CCCCC1NCCOc1cc(Br)cc(F)c1F. The van der Waals surface area contributed by atoms with E-state index < -0.39 is 11.6 Å². The topological polar surface area (TPSA) is 21.3 Å². The van der Waals surface area contributed by atoms with E-state index in [9.17, 15) is 8.78 Å². The summed E-state index contributed by atoms with van der Waals surface area (Å²) in [5.41, 5.74) is 0. The van der Waals surface area contributed by atoms with Gasteiger partial charge in [0.2, 0.25) is 5.82 Å². The summed E-state index contributed by atoms with van der Waals surface area (Å²) in [6, 6.07) is 3.04. The zero-order valence-electron chi connectivity index (χ0n) is 11.6. The van der Waals surface area contributed by atoms with Crippen LogP contribution in [0.15, 0.2) is 16.6 Å². The van der Waals surface area contributed by atoms with Gasteiger partial charge in [-0.1, -0.05) is 35.7 Å². The molecule has 1 aromatic carbocycles. The number of hydrogen-bond donors (Lipinski definition) is 1. The zero-order chi connectivity index (χ0) is 14.5. The number of benzene rings is 1. The summed E-state index contributed by atoms with van der Waals surface area (Å²) >= 11 is 3.12. The fourth-order valence-corrected chi connectivity index (χ4v) is 3.07. The zero-order valence-corrected chi connectivity index (χ0v) is 13.2. The summed E-state index contributed by atoms with van der Waals surface area (Å²) in [6.07, 6.45) is 5.00. The molecular formula is C15H20BrF2NO. The minimum absolute atomic E-state index is 0.0460. The molecule has 1 fully saturated rings. The van der Waals surface area contributed by atoms with E-state index in [2.05, 4.69) is 28.2 Å². The van der Waals surface area contributed by atoms with Crippen molar-refractivity contribution in [2.24, 2.45) is 5.92 Å². The lowest BCUT2D eigenvalue weighted by molar-refractivity contribution is 0.245. The number of hydrogen-bond acceptors (Lipinski definition) is 2. The summed E-state index contributed by atoms with van der Waals surface area (Å²) in [6.45, 7) is 3.22. The van der Waals surface area contributed by atoms with E-state index >= 15 is 0 Å². The van der Waals surface area contributed by atoms with Gasteiger partial charge in [0.05, 0.1) is 0 Å². The van der Waals surface area contributed by atoms with E-state index in [1.54, 1.807) is 0 Å². The molecule has 5 heteroatoms. The van der Waals surface area contributed by atoms with Crippen LogP contribution < -0.4 is 10.1 Å². The van der Waals surface area contributed by atoms with Crippen LogP contribution in [0.25, 0.3) is 0 Å². The monoisotopic (exact) mass is 347 g/mol. The van der Waals surface area contributed by atoms with Gasteiger partial charge in [-0.15, -0.1) is 0 Å². The van der Waals surface area contributed by atoms with Crippen molar-refractivity contribution < 1.29 is 13.5 Å². The molecule has 20 heavy (non-hydrogen) atoms. The Kier molecular flexibility index (Phi) is 5.78. The smallest absolute Gasteiger partial charge is 0.200 e. The maximum atomic E-state index is 13.5. The van der Waals surface area contributed by atoms with Gasteiger partial charge in [-0.05, 0) is 30.9 Å². The molecule has 2 unspecified atom stereocenters. The first kappa shape index (κ1) is 15.7. The highest BCUT2D eigenvalue weighted by molar-refractivity contribution is 9.10. The van der Waals surface area contributed by atoms with Crippen molar-refractivity contribution in [3.05, 3.63) is 28.2 Å². The van der Waals surface area contributed by atoms with Gasteiger partial charge in [0.25, 0.3) is 0 Å². The van der Waals surface area contributed by atoms with Gasteiger partial charge in [-0.2, -0.15) is 4.39 Å². The van der Waals surface area contributed by atoms with Crippen LogP contribution in [0.4, 0.5) is 8.78 Å². The van der Waals surface area contributed by atoms with Crippen LogP contribution in [0.1, 0.15) is 32.6 Å². The fourth-order valence-electron chi connectivity index (χ4n) is 2.66. The average molecular weight is 348 g/mol. The van der Waals surface area contributed by atoms with Gasteiger partial charge in [0, 0.05) is 17.1 Å². The lowest BCUT2D eigenvalue weighted by Crippen LogP contribution is -2.39. The molecule has 112 valence electrons. The van der Waals surface area contributed by atoms with Crippen LogP contribution in [-0.2, 0) is 0 Å². The Morgan fingerprint density at radius 2 is 2.05 bits per heavy atom. The Hall–Kier alpha value is -0.680. The van der Waals surface area contributed by atoms with Gasteiger partial charge >= 0.3 is 0 Å². The molecule has 0 amide bonds. The molecule has 1 saturated carbocycles. The molecule has 2 atom stereocenters. The molecule has 2 rings (SSSR count). The highest BCUT2D eigenvalue weighted by Gasteiger charge is 2.20. The summed E-state index contributed by atoms with van der Waals surface area (Å²) in [4.78, 5) is 0. The van der Waals surface area contributed by atoms with Gasteiger partial charge in [-0.25, -0.2) is 4.39 Å². The predicted octanol–water partition coefficient (Wildman–Crippen LogP) is 4.27. The third-order valence-electron chi connectivity index (χ3n) is 3.84. The maximum absolute atomic E-state index is 13.5. The van der Waals surface area contributed by atoms with Gasteiger partial charge < -0.3 is 10.1 Å². The maximum Gasteiger partial charge on any atom is 0.200 e. The molecular weight excluding hydrogens is 328 g/mol. The number of nitrogens with one attached hydrogen (secondary N) is 1. The molecule has 1 aliphatic carbocycles. The molecule has 0 radical (unpaired) electrons. The Labute approximate surface area is 127 Å². The molecule has 2 nitrogen and oxygen atoms in total. The third-order valence-corrected chi connectivity index (χ3v) is 4.30. The second-order valence-corrected chi connectivity index (χ2v) is 6.29. The van der Waals surface area contributed by atoms with Crippen LogP contribution in [-0.4, -0.2) is 19.2 Å². The molecule has 0 bridgehead atoms. The molecule has 0 aliphatic heterocycles. The van der Waals surface area contributed by atoms with Crippen molar-refractivity contribution in [3.63, 3.8) is 0 Å². The lowest BCUT2D eigenvalue weighted by Gasteiger charge is -2.29. The lowest BCUT2D eigenvalue weighted by atomic mass is 9.86. The van der Waals surface area contributed by atoms with E-state index in [1.165, 1.54) is 31.7 Å². The summed E-state index contributed by atoms with van der Waals surface area (Å²) in [5, 5.41) is 3.44. The Morgan fingerprint density at radius 3 is 2.80 bits per heavy atom. The normalized spacial score (nSPS) is 22.8. The Morgan fingerprint density at radius 1 is 1.30 bits per heavy atom. The molecule has 1 N–H and O–H groups in total. The fraction of sp³-hybridized carbons (Fsp3) is 0.600.